The van der Waals surface area contributed by atoms with Gasteiger partial charge < -0.3 is 32.3 Å². The maximum Gasteiger partial charge on any atom is 1.00 e. The average molecular weight is 962 g/mol. The number of nitrogens with zero attached hydrogens (tertiary/aromatic N) is 2. The van der Waals surface area contributed by atoms with Crippen molar-refractivity contribution >= 4 is 65.7 Å². The Morgan fingerprint density at radius 1 is 0.486 bits per heavy atom. The number of carboxylic acid groups (broad SMARTS) is 2. The van der Waals surface area contributed by atoms with Gasteiger partial charge in [0.1, 0.15) is 0 Å². The van der Waals surface area contributed by atoms with Gasteiger partial charge in [0.15, 0.2) is 0 Å². The molecule has 0 aliphatic heterocycles. The van der Waals surface area contributed by atoms with E-state index in [1.807, 2.05) is 114 Å². The SMILES string of the molecule is CCO.Cc1ccc(/C(C(=O)O)=C(\C(=O)O)c2ccc(C)cc2)cc1.Cc1ccc(/C(C(N)=O)=C(\C(N)=O)c2ccc(C)cc2)cc1.[B].[C-]#[N+]/C(=C(/C#N)c1ccc(C)cc1)c1ccc(C)cc1.[K+].[OH-]. The van der Waals surface area contributed by atoms with E-state index in [2.05, 4.69) is 10.9 Å². The summed E-state index contributed by atoms with van der Waals surface area (Å²) in [6.45, 7) is 21.0. The minimum Gasteiger partial charge on any atom is -0.870 e. The van der Waals surface area contributed by atoms with Crippen LogP contribution in [0.3, 0.4) is 0 Å². The van der Waals surface area contributed by atoms with Crippen molar-refractivity contribution in [3.05, 3.63) is 224 Å². The van der Waals surface area contributed by atoms with E-state index in [1.165, 1.54) is 0 Å². The summed E-state index contributed by atoms with van der Waals surface area (Å²) in [5, 5.41) is 36.0. The van der Waals surface area contributed by atoms with Crippen molar-refractivity contribution in [2.75, 3.05) is 6.61 Å². The van der Waals surface area contributed by atoms with E-state index in [0.717, 1.165) is 44.5 Å². The summed E-state index contributed by atoms with van der Waals surface area (Å²) in [6, 6.07) is 45.4. The molecule has 0 aliphatic rings. The van der Waals surface area contributed by atoms with Crippen molar-refractivity contribution in [2.24, 2.45) is 11.5 Å². The first-order chi connectivity index (χ1) is 31.9. The number of primary amides is 2. The smallest absolute Gasteiger partial charge is 0.870 e. The molecule has 0 bridgehead atoms. The molecular formula is C56H55BKN4O8. The van der Waals surface area contributed by atoms with Gasteiger partial charge in [0.2, 0.25) is 17.5 Å². The molecule has 0 spiro atoms. The summed E-state index contributed by atoms with van der Waals surface area (Å²) in [6.07, 6.45) is 0. The number of amides is 2. The van der Waals surface area contributed by atoms with Gasteiger partial charge >= 0.3 is 63.3 Å². The zero-order valence-corrected chi connectivity index (χ0v) is 43.7. The Kier molecular flexibility index (Phi) is 28.1. The first-order valence-electron chi connectivity index (χ1n) is 21.0. The number of hydrogen-bond acceptors (Lipinski definition) is 7. The normalized spacial score (nSPS) is 10.8. The van der Waals surface area contributed by atoms with Crippen molar-refractivity contribution in [3.8, 4) is 6.07 Å². The number of aliphatic hydroxyl groups is 1. The third kappa shape index (κ3) is 18.5. The predicted molar refractivity (Wildman–Crippen MR) is 274 cm³/mol. The van der Waals surface area contributed by atoms with Gasteiger partial charge in [-0.15, -0.1) is 0 Å². The Labute approximate surface area is 454 Å². The molecule has 14 heteroatoms. The summed E-state index contributed by atoms with van der Waals surface area (Å²) in [7, 11) is 0. The molecule has 8 N–H and O–H groups in total. The summed E-state index contributed by atoms with van der Waals surface area (Å²) in [4.78, 5) is 50.7. The molecule has 0 atom stereocenters. The van der Waals surface area contributed by atoms with E-state index in [4.69, 9.17) is 23.1 Å². The van der Waals surface area contributed by atoms with Crippen molar-refractivity contribution in [3.63, 3.8) is 0 Å². The number of hydrogen-bond donors (Lipinski definition) is 5. The maximum absolute atomic E-state index is 11.9. The van der Waals surface area contributed by atoms with Gasteiger partial charge in [-0.2, -0.15) is 5.26 Å². The molecule has 6 rings (SSSR count). The maximum atomic E-state index is 11.9. The van der Waals surface area contributed by atoms with Gasteiger partial charge in [-0.1, -0.05) is 179 Å². The Morgan fingerprint density at radius 3 is 0.871 bits per heavy atom. The molecule has 0 aromatic heterocycles. The van der Waals surface area contributed by atoms with E-state index in [9.17, 15) is 34.7 Å². The minimum absolute atomic E-state index is 0. The predicted octanol–water partition coefficient (Wildman–Crippen LogP) is 6.63. The molecule has 0 aliphatic carbocycles. The molecule has 0 unspecified atom stereocenters. The van der Waals surface area contributed by atoms with Gasteiger partial charge in [-0.05, 0) is 81.8 Å². The molecule has 12 nitrogen and oxygen atoms in total. The van der Waals surface area contributed by atoms with Gasteiger partial charge in [0, 0.05) is 15.0 Å². The van der Waals surface area contributed by atoms with Crippen LogP contribution in [0, 0.1) is 59.4 Å². The monoisotopic (exact) mass is 961 g/mol. The van der Waals surface area contributed by atoms with Gasteiger partial charge in [0.25, 0.3) is 0 Å². The van der Waals surface area contributed by atoms with Crippen molar-refractivity contribution in [1.29, 1.82) is 5.26 Å². The van der Waals surface area contributed by atoms with Gasteiger partial charge in [-0.25, -0.2) is 14.4 Å². The standard InChI is InChI=1S/C18H18N2O2.C18H14N2.C18H16O4.C2H6O.B.K.H2O/c1-11-3-7-13(8-4-11)15(17(19)21)16(18(20)22)14-9-5-12(2)6-10-14;1-13-4-8-15(9-5-13)17(12-19)18(20-3)16-10-6-14(2)7-11-16;1-11-3-7-13(8-4-11)15(17(19)20)16(18(21)22)14-9-5-12(2)6-10-14;1-2-3;;;/h3-10H,1-2H3,(H2,19,21)(H2,20,22);4-11H,1-2H3;3-10H,1-2H3,(H,19,20)(H,21,22);3H,2H2,1H3;;;1H2/q;;;;;+1;/p-1/b16-15+;18-17-;16-15+;;;;. The Hall–Kier alpha value is -6.98. The fourth-order valence-electron chi connectivity index (χ4n) is 6.40. The van der Waals surface area contributed by atoms with E-state index in [1.54, 1.807) is 79.7 Å². The van der Waals surface area contributed by atoms with Crippen molar-refractivity contribution in [1.82, 2.24) is 0 Å². The Morgan fingerprint density at radius 2 is 0.686 bits per heavy atom. The quantitative estimate of drug-likeness (QED) is 0.0325. The van der Waals surface area contributed by atoms with Crippen LogP contribution in [-0.4, -0.2) is 59.6 Å². The molecular weight excluding hydrogens is 907 g/mol. The summed E-state index contributed by atoms with van der Waals surface area (Å²) in [5.74, 6) is -3.89. The Balaban J connectivity index is 0.000000972. The van der Waals surface area contributed by atoms with E-state index >= 15 is 0 Å². The second-order valence-corrected chi connectivity index (χ2v) is 15.3. The third-order valence-corrected chi connectivity index (χ3v) is 9.91. The van der Waals surface area contributed by atoms with Crippen LogP contribution in [-0.2, 0) is 19.2 Å². The van der Waals surface area contributed by atoms with Crippen LogP contribution >= 0.6 is 0 Å². The number of allylic oxidation sites excluding steroid dienone is 1. The number of aliphatic hydroxyl groups excluding tert-OH is 1. The third-order valence-electron chi connectivity index (χ3n) is 9.91. The molecule has 351 valence electrons. The van der Waals surface area contributed by atoms with Crippen molar-refractivity contribution < 1.29 is 91.4 Å². The largest absolute Gasteiger partial charge is 1.00 e. The molecule has 6 aromatic carbocycles. The summed E-state index contributed by atoms with van der Waals surface area (Å²) >= 11 is 0. The van der Waals surface area contributed by atoms with Crippen molar-refractivity contribution in [2.45, 2.75) is 48.5 Å². The zero-order chi connectivity index (χ0) is 49.8. The van der Waals surface area contributed by atoms with Crippen LogP contribution in [0.2, 0.25) is 0 Å². The van der Waals surface area contributed by atoms with Crippen LogP contribution in [0.5, 0.6) is 0 Å². The number of nitrogens with two attached hydrogens (primary N) is 2. The molecule has 0 fully saturated rings. The number of carbonyl (C=O) groups is 4. The molecule has 0 saturated heterocycles. The molecule has 0 heterocycles. The topological polar surface area (TPSA) is 239 Å². The number of nitriles is 1. The number of carbonyl (C=O) groups excluding carboxylic acids is 2. The van der Waals surface area contributed by atoms with E-state index in [-0.39, 0.29) is 94.2 Å². The molecule has 70 heavy (non-hydrogen) atoms. The Bertz CT molecular complexity index is 2550. The zero-order valence-electron chi connectivity index (χ0n) is 40.6. The molecule has 6 aromatic rings. The van der Waals surface area contributed by atoms with E-state index in [0.29, 0.717) is 33.5 Å². The second kappa shape index (κ2) is 31.2. The van der Waals surface area contributed by atoms with Crippen LogP contribution in [0.25, 0.3) is 38.4 Å². The van der Waals surface area contributed by atoms with Gasteiger partial charge in [0.05, 0.1) is 40.5 Å². The first-order valence-corrected chi connectivity index (χ1v) is 21.0. The number of aliphatic carboxylic acids is 2. The van der Waals surface area contributed by atoms with Gasteiger partial charge in [-0.3, -0.25) is 9.59 Å². The fraction of sp³-hybridized carbons (Fsp3) is 0.143. The average Bonchev–Trinajstić information content (AvgIpc) is 3.29. The number of aryl methyl sites for hydroxylation is 6. The number of rotatable bonds is 10. The molecule has 3 radical (unpaired) electrons. The van der Waals surface area contributed by atoms with Crippen LogP contribution in [0.15, 0.2) is 146 Å². The van der Waals surface area contributed by atoms with Crippen LogP contribution < -0.4 is 62.9 Å². The second-order valence-electron chi connectivity index (χ2n) is 15.3. The first kappa shape index (κ1) is 63.0. The minimum atomic E-state index is -1.26. The molecule has 2 amide bonds. The summed E-state index contributed by atoms with van der Waals surface area (Å²) in [5.41, 5.74) is 21.4. The van der Waals surface area contributed by atoms with Crippen LogP contribution in [0.1, 0.15) is 73.7 Å². The van der Waals surface area contributed by atoms with E-state index < -0.39 is 23.8 Å². The molecule has 0 saturated carbocycles. The van der Waals surface area contributed by atoms with Crippen LogP contribution in [0.4, 0.5) is 0 Å². The summed E-state index contributed by atoms with van der Waals surface area (Å²) < 4.78 is 0. The number of carboxylic acids is 2. The fourth-order valence-corrected chi connectivity index (χ4v) is 6.40. The number of benzene rings is 6.